The summed E-state index contributed by atoms with van der Waals surface area (Å²) in [4.78, 5) is 0. The molecule has 200 valence electrons. The minimum absolute atomic E-state index is 0.0153. The average Bonchev–Trinajstić information content (AvgIpc) is 3.35. The maximum atomic E-state index is 14.9. The van der Waals surface area contributed by atoms with Crippen molar-refractivity contribution in [3.8, 4) is 0 Å². The van der Waals surface area contributed by atoms with Gasteiger partial charge in [0.1, 0.15) is 5.60 Å². The summed E-state index contributed by atoms with van der Waals surface area (Å²) in [6.45, 7) is 3.83. The number of hydrogen-bond donors (Lipinski definition) is 2. The molecule has 4 fully saturated rings. The number of aliphatic hydroxyl groups excluding tert-OH is 1. The van der Waals surface area contributed by atoms with Crippen molar-refractivity contribution in [3.05, 3.63) is 11.6 Å². The van der Waals surface area contributed by atoms with Gasteiger partial charge < -0.3 is 10.2 Å². The predicted molar refractivity (Wildman–Crippen MR) is 130 cm³/mol. The molecule has 0 aromatic carbocycles. The van der Waals surface area contributed by atoms with E-state index >= 15 is 0 Å². The lowest BCUT2D eigenvalue weighted by Crippen LogP contribution is -2.66. The molecule has 35 heavy (non-hydrogen) atoms. The Bertz CT molecular complexity index is 872. The molecule has 5 aliphatic rings. The predicted octanol–water partition coefficient (Wildman–Crippen LogP) is 7.05. The van der Waals surface area contributed by atoms with Gasteiger partial charge in [0.2, 0.25) is 0 Å². The Morgan fingerprint density at radius 2 is 1.63 bits per heavy atom. The van der Waals surface area contributed by atoms with Gasteiger partial charge in [0.15, 0.2) is 0 Å². The van der Waals surface area contributed by atoms with Crippen LogP contribution in [-0.4, -0.2) is 50.1 Å². The van der Waals surface area contributed by atoms with Crippen molar-refractivity contribution in [1.82, 2.24) is 0 Å². The van der Waals surface area contributed by atoms with Gasteiger partial charge in [-0.05, 0) is 86.9 Å². The largest absolute Gasteiger partial charge is 0.456 e. The van der Waals surface area contributed by atoms with Crippen LogP contribution in [0.2, 0.25) is 0 Å². The van der Waals surface area contributed by atoms with Gasteiger partial charge in [-0.1, -0.05) is 25.5 Å². The molecule has 0 aromatic heterocycles. The molecule has 0 radical (unpaired) electrons. The van der Waals surface area contributed by atoms with E-state index in [0.717, 1.165) is 37.2 Å². The summed E-state index contributed by atoms with van der Waals surface area (Å²) in [6, 6.07) is 0. The number of hydrogen-bond acceptors (Lipinski definition) is 4. The number of thioether (sulfide) groups is 2. The summed E-state index contributed by atoms with van der Waals surface area (Å²) in [5, 5.41) is 20.7. The fourth-order valence-corrected chi connectivity index (χ4v) is 12.1. The number of rotatable bonds is 4. The van der Waals surface area contributed by atoms with Crippen molar-refractivity contribution >= 4 is 23.5 Å². The first kappa shape index (κ1) is 26.6. The fourth-order valence-electron chi connectivity index (χ4n) is 8.94. The summed E-state index contributed by atoms with van der Waals surface area (Å²) in [5.41, 5.74) is -3.22. The summed E-state index contributed by atoms with van der Waals surface area (Å²) in [7, 11) is 0. The van der Waals surface area contributed by atoms with E-state index < -0.39 is 29.5 Å². The third-order valence-corrected chi connectivity index (χ3v) is 14.2. The minimum atomic E-state index is -5.78. The first-order chi connectivity index (χ1) is 16.2. The van der Waals surface area contributed by atoms with Crippen molar-refractivity contribution in [1.29, 1.82) is 0 Å². The topological polar surface area (TPSA) is 40.5 Å². The maximum Gasteiger partial charge on any atom is 0.456 e. The van der Waals surface area contributed by atoms with E-state index in [2.05, 4.69) is 13.0 Å². The van der Waals surface area contributed by atoms with Crippen LogP contribution < -0.4 is 0 Å². The van der Waals surface area contributed by atoms with E-state index in [1.54, 1.807) is 0 Å². The molecule has 1 heterocycles. The monoisotopic (exact) mass is 540 g/mol. The Hall–Kier alpha value is 0.01000. The van der Waals surface area contributed by atoms with Crippen LogP contribution in [0.3, 0.4) is 0 Å². The maximum absolute atomic E-state index is 14.9. The first-order valence-corrected chi connectivity index (χ1v) is 15.0. The van der Waals surface area contributed by atoms with Gasteiger partial charge in [0.05, 0.1) is 4.08 Å². The standard InChI is InChI=1S/C26H37F5O2S2/c1-21-9-10-23(34-12-13-35-23)15-17(21)14-16(4-3-11-32)20-18(21)5-7-22(2)19(20)6-8-24(22,33)25(27,28)26(29,30)31/h15-16,18-20,32-33H,3-14H2,1-2H3/t16?,18-,19-,20+,21-,22-,24?/m0/s1. The molecule has 7 atom stereocenters. The first-order valence-electron chi connectivity index (χ1n) is 13.0. The van der Waals surface area contributed by atoms with Gasteiger partial charge in [-0.15, -0.1) is 23.5 Å². The van der Waals surface area contributed by atoms with Crippen LogP contribution >= 0.6 is 23.5 Å². The lowest BCUT2D eigenvalue weighted by molar-refractivity contribution is -0.364. The second kappa shape index (κ2) is 8.51. The van der Waals surface area contributed by atoms with Crippen LogP contribution in [0.25, 0.3) is 0 Å². The molecule has 0 aromatic rings. The van der Waals surface area contributed by atoms with Crippen LogP contribution in [0, 0.1) is 34.5 Å². The lowest BCUT2D eigenvalue weighted by atomic mass is 9.43. The molecular formula is C26H37F5O2S2. The number of aliphatic hydroxyl groups is 2. The highest BCUT2D eigenvalue weighted by Crippen LogP contribution is 2.73. The Morgan fingerprint density at radius 3 is 2.26 bits per heavy atom. The van der Waals surface area contributed by atoms with Crippen molar-refractivity contribution in [2.45, 2.75) is 93.4 Å². The number of alkyl halides is 5. The molecule has 2 N–H and O–H groups in total. The molecule has 2 nitrogen and oxygen atoms in total. The molecule has 0 amide bonds. The third-order valence-electron chi connectivity index (χ3n) is 10.8. The van der Waals surface area contributed by atoms with Gasteiger partial charge in [-0.3, -0.25) is 0 Å². The normalized spacial score (nSPS) is 45.1. The molecule has 0 bridgehead atoms. The summed E-state index contributed by atoms with van der Waals surface area (Å²) in [6.07, 6.45) is 1.35. The smallest absolute Gasteiger partial charge is 0.396 e. The Morgan fingerprint density at radius 1 is 0.971 bits per heavy atom. The van der Waals surface area contributed by atoms with E-state index in [1.807, 2.05) is 23.5 Å². The van der Waals surface area contributed by atoms with E-state index in [9.17, 15) is 32.2 Å². The highest BCUT2D eigenvalue weighted by atomic mass is 32.2. The molecular weight excluding hydrogens is 503 g/mol. The fraction of sp³-hybridized carbons (Fsp3) is 0.923. The SMILES string of the molecule is C[C@]12CCC3(C=C1CC(CCCO)[C@@H]1[C@@H]2CC[C@@]2(C)[C@H]1CCC2(O)C(F)(F)C(F)(F)F)SCCS3. The van der Waals surface area contributed by atoms with Crippen LogP contribution in [0.4, 0.5) is 22.0 Å². The summed E-state index contributed by atoms with van der Waals surface area (Å²) < 4.78 is 70.4. The second-order valence-corrected chi connectivity index (χ2v) is 15.3. The van der Waals surface area contributed by atoms with Crippen molar-refractivity contribution in [3.63, 3.8) is 0 Å². The van der Waals surface area contributed by atoms with Crippen molar-refractivity contribution in [2.75, 3.05) is 18.1 Å². The van der Waals surface area contributed by atoms with Gasteiger partial charge in [-0.2, -0.15) is 22.0 Å². The zero-order chi connectivity index (χ0) is 25.5. The molecule has 1 spiro atoms. The average molecular weight is 541 g/mol. The van der Waals surface area contributed by atoms with E-state index in [-0.39, 0.29) is 52.6 Å². The summed E-state index contributed by atoms with van der Waals surface area (Å²) >= 11 is 4.02. The van der Waals surface area contributed by atoms with Crippen molar-refractivity contribution < 1.29 is 32.2 Å². The highest BCUT2D eigenvalue weighted by molar-refractivity contribution is 8.21. The van der Waals surface area contributed by atoms with Gasteiger partial charge in [-0.25, -0.2) is 0 Å². The van der Waals surface area contributed by atoms with Gasteiger partial charge in [0, 0.05) is 23.5 Å². The number of allylic oxidation sites excluding steroid dienone is 1. The van der Waals surface area contributed by atoms with E-state index in [0.29, 0.717) is 12.8 Å². The molecule has 9 heteroatoms. The second-order valence-electron chi connectivity index (χ2n) is 12.1. The molecule has 4 aliphatic carbocycles. The number of fused-ring (bicyclic) bond motifs is 5. The van der Waals surface area contributed by atoms with Crippen molar-refractivity contribution in [2.24, 2.45) is 34.5 Å². The Balaban J connectivity index is 1.54. The van der Waals surface area contributed by atoms with E-state index in [4.69, 9.17) is 0 Å². The van der Waals surface area contributed by atoms with E-state index in [1.165, 1.54) is 12.5 Å². The van der Waals surface area contributed by atoms with Gasteiger partial charge in [0.25, 0.3) is 0 Å². The Labute approximate surface area is 213 Å². The summed E-state index contributed by atoms with van der Waals surface area (Å²) in [5.74, 6) is -2.93. The van der Waals surface area contributed by atoms with Crippen LogP contribution in [0.5, 0.6) is 0 Å². The van der Waals surface area contributed by atoms with Gasteiger partial charge >= 0.3 is 12.1 Å². The lowest BCUT2D eigenvalue weighted by Gasteiger charge is -2.62. The zero-order valence-electron chi connectivity index (χ0n) is 20.5. The molecule has 1 saturated heterocycles. The highest BCUT2D eigenvalue weighted by Gasteiger charge is 2.79. The molecule has 2 unspecified atom stereocenters. The van der Waals surface area contributed by atoms with Crippen LogP contribution in [-0.2, 0) is 0 Å². The number of halogens is 5. The quantitative estimate of drug-likeness (QED) is 0.296. The Kier molecular flexibility index (Phi) is 6.47. The van der Waals surface area contributed by atoms with Crippen LogP contribution in [0.1, 0.15) is 71.6 Å². The minimum Gasteiger partial charge on any atom is -0.396 e. The molecule has 5 rings (SSSR count). The third kappa shape index (κ3) is 3.63. The zero-order valence-corrected chi connectivity index (χ0v) is 22.1. The molecule has 3 saturated carbocycles. The molecule has 1 aliphatic heterocycles. The van der Waals surface area contributed by atoms with Crippen LogP contribution in [0.15, 0.2) is 11.6 Å².